The molecule has 1 rings (SSSR count). The Bertz CT molecular complexity index is 311. The van der Waals surface area contributed by atoms with Crippen LogP contribution >= 0.6 is 0 Å². The SMILES string of the molecule is CC(C)(C)N=C(N)Nc1ccccn1. The first-order chi connectivity index (χ1) is 6.47. The molecule has 3 N–H and O–H groups in total. The van der Waals surface area contributed by atoms with Gasteiger partial charge in [-0.15, -0.1) is 0 Å². The number of hydrogen-bond donors (Lipinski definition) is 2. The molecule has 0 fully saturated rings. The van der Waals surface area contributed by atoms with Gasteiger partial charge in [0.25, 0.3) is 0 Å². The molecular formula is C10H16N4. The van der Waals surface area contributed by atoms with Gasteiger partial charge in [0.15, 0.2) is 5.96 Å². The lowest BCUT2D eigenvalue weighted by atomic mass is 10.1. The van der Waals surface area contributed by atoms with Crippen molar-refractivity contribution < 1.29 is 0 Å². The van der Waals surface area contributed by atoms with Crippen molar-refractivity contribution in [2.45, 2.75) is 26.3 Å². The lowest BCUT2D eigenvalue weighted by Crippen LogP contribution is -2.27. The number of guanidine groups is 1. The van der Waals surface area contributed by atoms with Crippen molar-refractivity contribution in [1.29, 1.82) is 0 Å². The summed E-state index contributed by atoms with van der Waals surface area (Å²) < 4.78 is 0. The largest absolute Gasteiger partial charge is 0.370 e. The van der Waals surface area contributed by atoms with Crippen LogP contribution in [-0.4, -0.2) is 16.5 Å². The van der Waals surface area contributed by atoms with Crippen LogP contribution in [-0.2, 0) is 0 Å². The van der Waals surface area contributed by atoms with Crippen molar-refractivity contribution in [3.8, 4) is 0 Å². The highest BCUT2D eigenvalue weighted by atomic mass is 15.1. The molecule has 0 aliphatic rings. The average molecular weight is 192 g/mol. The van der Waals surface area contributed by atoms with Gasteiger partial charge in [-0.3, -0.25) is 0 Å². The molecule has 0 amide bonds. The van der Waals surface area contributed by atoms with Gasteiger partial charge in [-0.25, -0.2) is 9.98 Å². The average Bonchev–Trinajstić information content (AvgIpc) is 2.02. The van der Waals surface area contributed by atoms with E-state index in [1.54, 1.807) is 6.20 Å². The Hall–Kier alpha value is -1.58. The molecule has 4 heteroatoms. The van der Waals surface area contributed by atoms with E-state index in [1.807, 2.05) is 39.0 Å². The normalized spacial score (nSPS) is 12.6. The predicted molar refractivity (Wildman–Crippen MR) is 59.2 cm³/mol. The van der Waals surface area contributed by atoms with Crippen molar-refractivity contribution in [1.82, 2.24) is 4.98 Å². The molecule has 1 aromatic rings. The minimum absolute atomic E-state index is 0.175. The van der Waals surface area contributed by atoms with E-state index in [0.29, 0.717) is 11.8 Å². The summed E-state index contributed by atoms with van der Waals surface area (Å²) in [6, 6.07) is 5.58. The Kier molecular flexibility index (Phi) is 3.06. The molecule has 0 saturated heterocycles. The van der Waals surface area contributed by atoms with E-state index in [9.17, 15) is 0 Å². The van der Waals surface area contributed by atoms with Gasteiger partial charge in [0.2, 0.25) is 0 Å². The van der Waals surface area contributed by atoms with Crippen LogP contribution in [0.25, 0.3) is 0 Å². The number of nitrogens with one attached hydrogen (secondary N) is 1. The van der Waals surface area contributed by atoms with Gasteiger partial charge in [0.05, 0.1) is 5.54 Å². The van der Waals surface area contributed by atoms with Crippen LogP contribution < -0.4 is 11.1 Å². The first-order valence-corrected chi connectivity index (χ1v) is 4.51. The zero-order valence-corrected chi connectivity index (χ0v) is 8.78. The Balaban J connectivity index is 2.67. The molecule has 0 bridgehead atoms. The Morgan fingerprint density at radius 3 is 2.64 bits per heavy atom. The van der Waals surface area contributed by atoms with E-state index < -0.39 is 0 Å². The lowest BCUT2D eigenvalue weighted by molar-refractivity contribution is 0.583. The molecule has 1 aromatic heterocycles. The van der Waals surface area contributed by atoms with Crippen LogP contribution in [0.15, 0.2) is 29.4 Å². The van der Waals surface area contributed by atoms with Crippen molar-refractivity contribution in [2.75, 3.05) is 5.32 Å². The third-order valence-corrected chi connectivity index (χ3v) is 1.38. The number of aliphatic imine (C=N–C) groups is 1. The summed E-state index contributed by atoms with van der Waals surface area (Å²) in [4.78, 5) is 8.32. The van der Waals surface area contributed by atoms with E-state index in [-0.39, 0.29) is 5.54 Å². The second-order valence-corrected chi connectivity index (χ2v) is 4.01. The van der Waals surface area contributed by atoms with Crippen LogP contribution in [0.4, 0.5) is 5.82 Å². The molecule has 4 nitrogen and oxygen atoms in total. The highest BCUT2D eigenvalue weighted by Crippen LogP contribution is 2.06. The Labute approximate surface area is 84.3 Å². The summed E-state index contributed by atoms with van der Waals surface area (Å²) in [5, 5.41) is 2.92. The molecule has 0 aliphatic heterocycles. The molecule has 0 atom stereocenters. The third kappa shape index (κ3) is 3.89. The summed E-state index contributed by atoms with van der Waals surface area (Å²) in [5.41, 5.74) is 5.52. The predicted octanol–water partition coefficient (Wildman–Crippen LogP) is 1.61. The Morgan fingerprint density at radius 2 is 2.14 bits per heavy atom. The maximum Gasteiger partial charge on any atom is 0.194 e. The summed E-state index contributed by atoms with van der Waals surface area (Å²) in [6.45, 7) is 5.96. The maximum absolute atomic E-state index is 5.69. The summed E-state index contributed by atoms with van der Waals surface area (Å²) in [6.07, 6.45) is 1.70. The Morgan fingerprint density at radius 1 is 1.43 bits per heavy atom. The number of rotatable bonds is 1. The standard InChI is InChI=1S/C10H16N4/c1-10(2,3)14-9(11)13-8-6-4-5-7-12-8/h4-7H,1-3H3,(H3,11,12,13,14). The van der Waals surface area contributed by atoms with Gasteiger partial charge < -0.3 is 11.1 Å². The second-order valence-electron chi connectivity index (χ2n) is 4.01. The van der Waals surface area contributed by atoms with Gasteiger partial charge in [0.1, 0.15) is 5.82 Å². The van der Waals surface area contributed by atoms with E-state index in [1.165, 1.54) is 0 Å². The number of aromatic nitrogens is 1. The summed E-state index contributed by atoms with van der Waals surface area (Å²) >= 11 is 0. The van der Waals surface area contributed by atoms with Crippen LogP contribution in [0.5, 0.6) is 0 Å². The van der Waals surface area contributed by atoms with E-state index >= 15 is 0 Å². The number of hydrogen-bond acceptors (Lipinski definition) is 2. The van der Waals surface area contributed by atoms with Crippen LogP contribution in [0, 0.1) is 0 Å². The zero-order chi connectivity index (χ0) is 10.6. The van der Waals surface area contributed by atoms with Gasteiger partial charge in [-0.2, -0.15) is 0 Å². The highest BCUT2D eigenvalue weighted by Gasteiger charge is 2.07. The first kappa shape index (κ1) is 10.5. The zero-order valence-electron chi connectivity index (χ0n) is 8.78. The minimum Gasteiger partial charge on any atom is -0.370 e. The molecule has 14 heavy (non-hydrogen) atoms. The third-order valence-electron chi connectivity index (χ3n) is 1.38. The number of pyridine rings is 1. The smallest absolute Gasteiger partial charge is 0.194 e. The van der Waals surface area contributed by atoms with Crippen molar-refractivity contribution >= 4 is 11.8 Å². The van der Waals surface area contributed by atoms with Gasteiger partial charge in [-0.1, -0.05) is 6.07 Å². The first-order valence-electron chi connectivity index (χ1n) is 4.51. The molecular weight excluding hydrogens is 176 g/mol. The fraction of sp³-hybridized carbons (Fsp3) is 0.400. The fourth-order valence-corrected chi connectivity index (χ4v) is 0.957. The van der Waals surface area contributed by atoms with E-state index in [0.717, 1.165) is 0 Å². The van der Waals surface area contributed by atoms with Gasteiger partial charge >= 0.3 is 0 Å². The molecule has 0 unspecified atom stereocenters. The number of anilines is 1. The molecule has 1 heterocycles. The number of nitrogens with zero attached hydrogens (tertiary/aromatic N) is 2. The summed E-state index contributed by atoms with van der Waals surface area (Å²) in [5.74, 6) is 1.09. The lowest BCUT2D eigenvalue weighted by Gasteiger charge is -2.13. The highest BCUT2D eigenvalue weighted by molar-refractivity contribution is 5.91. The van der Waals surface area contributed by atoms with E-state index in [4.69, 9.17) is 5.73 Å². The van der Waals surface area contributed by atoms with Crippen molar-refractivity contribution in [2.24, 2.45) is 10.7 Å². The van der Waals surface area contributed by atoms with Crippen molar-refractivity contribution in [3.05, 3.63) is 24.4 Å². The molecule has 0 aromatic carbocycles. The molecule has 0 spiro atoms. The minimum atomic E-state index is -0.175. The second kappa shape index (κ2) is 4.09. The molecule has 0 saturated carbocycles. The monoisotopic (exact) mass is 192 g/mol. The topological polar surface area (TPSA) is 63.3 Å². The van der Waals surface area contributed by atoms with Gasteiger partial charge in [-0.05, 0) is 32.9 Å². The quantitative estimate of drug-likeness (QED) is 0.525. The summed E-state index contributed by atoms with van der Waals surface area (Å²) in [7, 11) is 0. The molecule has 0 aliphatic carbocycles. The van der Waals surface area contributed by atoms with E-state index in [2.05, 4.69) is 15.3 Å². The van der Waals surface area contributed by atoms with Crippen molar-refractivity contribution in [3.63, 3.8) is 0 Å². The van der Waals surface area contributed by atoms with Crippen LogP contribution in [0.2, 0.25) is 0 Å². The maximum atomic E-state index is 5.69. The van der Waals surface area contributed by atoms with Gasteiger partial charge in [0, 0.05) is 6.20 Å². The van der Waals surface area contributed by atoms with Crippen LogP contribution in [0.1, 0.15) is 20.8 Å². The molecule has 76 valence electrons. The number of nitrogens with two attached hydrogens (primary N) is 1. The van der Waals surface area contributed by atoms with Crippen LogP contribution in [0.3, 0.4) is 0 Å². The molecule has 0 radical (unpaired) electrons. The fourth-order valence-electron chi connectivity index (χ4n) is 0.957.